The molecule has 1 aliphatic rings. The van der Waals surface area contributed by atoms with E-state index < -0.39 is 0 Å². The third-order valence-electron chi connectivity index (χ3n) is 3.53. The molecule has 2 N–H and O–H groups in total. The molecule has 4 heteroatoms. The topological polar surface area (TPSA) is 37.0 Å². The first kappa shape index (κ1) is 13.0. The molecule has 0 saturated carbocycles. The second kappa shape index (κ2) is 6.47. The van der Waals surface area contributed by atoms with Gasteiger partial charge in [-0.2, -0.15) is 0 Å². The van der Waals surface area contributed by atoms with Gasteiger partial charge in [0.05, 0.1) is 10.7 Å². The Kier molecular flexibility index (Phi) is 4.95. The fraction of sp³-hybridized carbons (Fsp3) is 0.769. The van der Waals surface area contributed by atoms with Crippen LogP contribution in [0, 0.1) is 5.92 Å². The number of rotatable bonds is 5. The molecule has 1 unspecified atom stereocenters. The predicted octanol–water partition coefficient (Wildman–Crippen LogP) is 1.84. The van der Waals surface area contributed by atoms with E-state index in [0.29, 0.717) is 6.04 Å². The van der Waals surface area contributed by atoms with Crippen LogP contribution in [0.4, 0.5) is 0 Å². The first-order chi connectivity index (χ1) is 8.28. The summed E-state index contributed by atoms with van der Waals surface area (Å²) in [5.74, 6) is 0.844. The molecule has 2 heterocycles. The molecule has 2 rings (SSSR count). The van der Waals surface area contributed by atoms with Gasteiger partial charge >= 0.3 is 0 Å². The molecule has 1 atom stereocenters. The van der Waals surface area contributed by atoms with Crippen LogP contribution in [0.3, 0.4) is 0 Å². The largest absolute Gasteiger partial charge is 0.317 e. The van der Waals surface area contributed by atoms with Crippen LogP contribution in [0.5, 0.6) is 0 Å². The first-order valence-electron chi connectivity index (χ1n) is 6.59. The number of thiazole rings is 1. The summed E-state index contributed by atoms with van der Waals surface area (Å²) in [6.07, 6.45) is 4.84. The summed E-state index contributed by atoms with van der Waals surface area (Å²) in [5.41, 5.74) is 1.25. The van der Waals surface area contributed by atoms with Crippen molar-refractivity contribution >= 4 is 11.3 Å². The first-order valence-corrected chi connectivity index (χ1v) is 7.47. The minimum absolute atomic E-state index is 0.517. The minimum Gasteiger partial charge on any atom is -0.317 e. The van der Waals surface area contributed by atoms with E-state index in [1.807, 2.05) is 18.4 Å². The third-order valence-corrected chi connectivity index (χ3v) is 4.45. The molecule has 1 aromatic rings. The Bertz CT molecular complexity index is 331. The Morgan fingerprint density at radius 1 is 1.53 bits per heavy atom. The van der Waals surface area contributed by atoms with Crippen molar-refractivity contribution in [3.05, 3.63) is 16.1 Å². The Morgan fingerprint density at radius 3 is 3.00 bits per heavy atom. The van der Waals surface area contributed by atoms with Crippen molar-refractivity contribution in [1.29, 1.82) is 0 Å². The van der Waals surface area contributed by atoms with Crippen molar-refractivity contribution < 1.29 is 0 Å². The molecule has 1 fully saturated rings. The summed E-state index contributed by atoms with van der Waals surface area (Å²) in [5, 5.41) is 10.2. The Morgan fingerprint density at radius 2 is 2.29 bits per heavy atom. The summed E-state index contributed by atoms with van der Waals surface area (Å²) >= 11 is 1.84. The average molecular weight is 253 g/mol. The van der Waals surface area contributed by atoms with Gasteiger partial charge in [0.15, 0.2) is 0 Å². The number of likely N-dealkylation sites (N-methyl/N-ethyl adjacent to an activating group) is 1. The van der Waals surface area contributed by atoms with Gasteiger partial charge in [0.1, 0.15) is 0 Å². The molecule has 0 bridgehead atoms. The summed E-state index contributed by atoms with van der Waals surface area (Å²) in [4.78, 5) is 4.75. The normalized spacial score (nSPS) is 19.4. The molecule has 0 aliphatic carbocycles. The lowest BCUT2D eigenvalue weighted by Crippen LogP contribution is -2.28. The van der Waals surface area contributed by atoms with Crippen LogP contribution in [0.15, 0.2) is 5.38 Å². The van der Waals surface area contributed by atoms with Gasteiger partial charge < -0.3 is 10.6 Å². The molecular formula is C13H23N3S. The van der Waals surface area contributed by atoms with Gasteiger partial charge in [-0.05, 0) is 45.8 Å². The number of hydrogen-bond acceptors (Lipinski definition) is 4. The minimum atomic E-state index is 0.517. The van der Waals surface area contributed by atoms with E-state index in [0.717, 1.165) is 12.3 Å². The Hall–Kier alpha value is -0.450. The van der Waals surface area contributed by atoms with Crippen molar-refractivity contribution in [3.8, 4) is 0 Å². The van der Waals surface area contributed by atoms with E-state index >= 15 is 0 Å². The van der Waals surface area contributed by atoms with Gasteiger partial charge in [-0.15, -0.1) is 11.3 Å². The maximum Gasteiger partial charge on any atom is 0.0931 e. The van der Waals surface area contributed by atoms with Crippen molar-refractivity contribution in [2.75, 3.05) is 20.1 Å². The molecule has 1 aliphatic heterocycles. The zero-order valence-electron chi connectivity index (χ0n) is 10.8. The fourth-order valence-electron chi connectivity index (χ4n) is 2.28. The highest BCUT2D eigenvalue weighted by Gasteiger charge is 2.15. The molecule has 1 saturated heterocycles. The summed E-state index contributed by atoms with van der Waals surface area (Å²) in [6.45, 7) is 4.56. The summed E-state index contributed by atoms with van der Waals surface area (Å²) in [7, 11) is 2.01. The van der Waals surface area contributed by atoms with E-state index in [1.54, 1.807) is 0 Å². The maximum atomic E-state index is 4.75. The standard InChI is InChI=1S/C13H23N3S/c1-10(14-2)7-12-9-17-13(16-12)8-11-3-5-15-6-4-11/h9-11,14-15H,3-8H2,1-2H3. The highest BCUT2D eigenvalue weighted by Crippen LogP contribution is 2.21. The molecule has 0 amide bonds. The Balaban J connectivity index is 1.84. The molecule has 3 nitrogen and oxygen atoms in total. The molecule has 17 heavy (non-hydrogen) atoms. The fourth-order valence-corrected chi connectivity index (χ4v) is 3.21. The SMILES string of the molecule is CNC(C)Cc1csc(CC2CCNCC2)n1. The highest BCUT2D eigenvalue weighted by molar-refractivity contribution is 7.09. The molecule has 0 radical (unpaired) electrons. The summed E-state index contributed by atoms with van der Waals surface area (Å²) in [6, 6.07) is 0.517. The van der Waals surface area contributed by atoms with Crippen molar-refractivity contribution in [1.82, 2.24) is 15.6 Å². The van der Waals surface area contributed by atoms with E-state index in [-0.39, 0.29) is 0 Å². The van der Waals surface area contributed by atoms with E-state index in [4.69, 9.17) is 4.98 Å². The van der Waals surface area contributed by atoms with Gasteiger partial charge in [-0.1, -0.05) is 0 Å². The quantitative estimate of drug-likeness (QED) is 0.841. The van der Waals surface area contributed by atoms with Crippen molar-refractivity contribution in [3.63, 3.8) is 0 Å². The van der Waals surface area contributed by atoms with Crippen molar-refractivity contribution in [2.24, 2.45) is 5.92 Å². The highest BCUT2D eigenvalue weighted by atomic mass is 32.1. The van der Waals surface area contributed by atoms with Crippen LogP contribution in [0.1, 0.15) is 30.5 Å². The zero-order valence-corrected chi connectivity index (χ0v) is 11.6. The van der Waals surface area contributed by atoms with Crippen LogP contribution in [-0.4, -0.2) is 31.2 Å². The van der Waals surface area contributed by atoms with Gasteiger partial charge in [0, 0.05) is 24.3 Å². The van der Waals surface area contributed by atoms with Crippen LogP contribution < -0.4 is 10.6 Å². The van der Waals surface area contributed by atoms with Crippen LogP contribution in [-0.2, 0) is 12.8 Å². The second-order valence-electron chi connectivity index (χ2n) is 5.02. The smallest absolute Gasteiger partial charge is 0.0931 e. The van der Waals surface area contributed by atoms with E-state index in [2.05, 4.69) is 22.9 Å². The Labute approximate surface area is 108 Å². The number of piperidine rings is 1. The van der Waals surface area contributed by atoms with Crippen molar-refractivity contribution in [2.45, 2.75) is 38.6 Å². The third kappa shape index (κ3) is 4.05. The van der Waals surface area contributed by atoms with Crippen LogP contribution in [0.25, 0.3) is 0 Å². The van der Waals surface area contributed by atoms with Gasteiger partial charge in [-0.25, -0.2) is 4.98 Å². The van der Waals surface area contributed by atoms with Gasteiger partial charge in [-0.3, -0.25) is 0 Å². The lowest BCUT2D eigenvalue weighted by molar-refractivity contribution is 0.372. The molecule has 96 valence electrons. The van der Waals surface area contributed by atoms with E-state index in [1.165, 1.54) is 43.1 Å². The molecule has 0 aromatic carbocycles. The van der Waals surface area contributed by atoms with Gasteiger partial charge in [0.25, 0.3) is 0 Å². The number of nitrogens with one attached hydrogen (secondary N) is 2. The second-order valence-corrected chi connectivity index (χ2v) is 5.97. The summed E-state index contributed by atoms with van der Waals surface area (Å²) < 4.78 is 0. The molecular weight excluding hydrogens is 230 g/mol. The van der Waals surface area contributed by atoms with Gasteiger partial charge in [0.2, 0.25) is 0 Å². The average Bonchev–Trinajstić information content (AvgIpc) is 2.77. The van der Waals surface area contributed by atoms with Crippen LogP contribution >= 0.6 is 11.3 Å². The van der Waals surface area contributed by atoms with Crippen LogP contribution in [0.2, 0.25) is 0 Å². The molecule has 0 spiro atoms. The maximum absolute atomic E-state index is 4.75. The molecule has 1 aromatic heterocycles. The zero-order chi connectivity index (χ0) is 12.1. The monoisotopic (exact) mass is 253 g/mol. The van der Waals surface area contributed by atoms with E-state index in [9.17, 15) is 0 Å². The number of aromatic nitrogens is 1. The number of hydrogen-bond donors (Lipinski definition) is 2. The number of nitrogens with zero attached hydrogens (tertiary/aromatic N) is 1. The lowest BCUT2D eigenvalue weighted by atomic mass is 9.95. The lowest BCUT2D eigenvalue weighted by Gasteiger charge is -2.21. The predicted molar refractivity (Wildman–Crippen MR) is 73.6 cm³/mol.